The highest BCUT2D eigenvalue weighted by Crippen LogP contribution is 2.31. The molecule has 0 saturated heterocycles. The lowest BCUT2D eigenvalue weighted by Gasteiger charge is -2.20. The number of ether oxygens (including phenoxy) is 3. The molecule has 1 atom stereocenters. The molecule has 0 heterocycles. The van der Waals surface area contributed by atoms with Crippen molar-refractivity contribution in [1.82, 2.24) is 0 Å². The predicted molar refractivity (Wildman–Crippen MR) is 126 cm³/mol. The van der Waals surface area contributed by atoms with Crippen LogP contribution < -0.4 is 19.5 Å². The van der Waals surface area contributed by atoms with Gasteiger partial charge in [0.05, 0.1) is 31.8 Å². The van der Waals surface area contributed by atoms with Crippen LogP contribution in [0.1, 0.15) is 35.3 Å². The molecule has 172 valence electrons. The fourth-order valence-corrected chi connectivity index (χ4v) is 3.44. The molecular formula is C25H26N2O6. The maximum atomic E-state index is 13.2. The van der Waals surface area contributed by atoms with Gasteiger partial charge in [0.2, 0.25) is 0 Å². The van der Waals surface area contributed by atoms with E-state index in [2.05, 4.69) is 5.32 Å². The van der Waals surface area contributed by atoms with Crippen molar-refractivity contribution in [3.63, 3.8) is 0 Å². The number of nitro benzene ring substituents is 1. The van der Waals surface area contributed by atoms with Gasteiger partial charge >= 0.3 is 0 Å². The van der Waals surface area contributed by atoms with E-state index in [1.54, 1.807) is 30.3 Å². The van der Waals surface area contributed by atoms with E-state index in [9.17, 15) is 14.9 Å². The molecule has 0 spiro atoms. The minimum Gasteiger partial charge on any atom is -0.494 e. The fourth-order valence-electron chi connectivity index (χ4n) is 3.44. The number of hydrogen-bond donors (Lipinski definition) is 1. The number of nitrogens with one attached hydrogen (secondary N) is 1. The number of rotatable bonds is 11. The summed E-state index contributed by atoms with van der Waals surface area (Å²) < 4.78 is 16.0. The Morgan fingerprint density at radius 3 is 2.36 bits per heavy atom. The number of Topliss-reactive ketones (excluding diaryl/α,β-unsaturated/α-hetero) is 1. The zero-order valence-electron chi connectivity index (χ0n) is 18.7. The van der Waals surface area contributed by atoms with E-state index >= 15 is 0 Å². The van der Waals surface area contributed by atoms with Gasteiger partial charge in [-0.1, -0.05) is 12.1 Å². The standard InChI is InChI=1S/C25H26N2O6/c1-4-33-21-11-9-19(10-12-21)26-22(17-6-5-7-20(14-17)27(29)30)16-23(28)18-8-13-24(31-2)25(15-18)32-3/h5-15,22,26H,4,16H2,1-3H3. The van der Waals surface area contributed by atoms with Crippen LogP contribution in [0.2, 0.25) is 0 Å². The summed E-state index contributed by atoms with van der Waals surface area (Å²) in [5.41, 5.74) is 1.81. The van der Waals surface area contributed by atoms with Gasteiger partial charge in [-0.2, -0.15) is 0 Å². The molecule has 0 aliphatic heterocycles. The summed E-state index contributed by atoms with van der Waals surface area (Å²) >= 11 is 0. The van der Waals surface area contributed by atoms with Crippen LogP contribution in [-0.4, -0.2) is 31.5 Å². The molecule has 33 heavy (non-hydrogen) atoms. The van der Waals surface area contributed by atoms with Crippen molar-refractivity contribution in [2.45, 2.75) is 19.4 Å². The van der Waals surface area contributed by atoms with E-state index in [4.69, 9.17) is 14.2 Å². The number of nitrogens with zero attached hydrogens (tertiary/aromatic N) is 1. The summed E-state index contributed by atoms with van der Waals surface area (Å²) in [6, 6.07) is 18.1. The minimum atomic E-state index is -0.497. The molecule has 8 nitrogen and oxygen atoms in total. The average molecular weight is 450 g/mol. The van der Waals surface area contributed by atoms with Crippen molar-refractivity contribution in [1.29, 1.82) is 0 Å². The molecule has 3 rings (SSSR count). The van der Waals surface area contributed by atoms with Crippen molar-refractivity contribution in [3.8, 4) is 17.2 Å². The Labute approximate surface area is 192 Å². The van der Waals surface area contributed by atoms with E-state index in [0.717, 1.165) is 11.4 Å². The lowest BCUT2D eigenvalue weighted by Crippen LogP contribution is -2.16. The van der Waals surface area contributed by atoms with E-state index in [1.165, 1.54) is 26.4 Å². The molecule has 0 radical (unpaired) electrons. The number of methoxy groups -OCH3 is 2. The molecule has 0 aromatic heterocycles. The first-order valence-corrected chi connectivity index (χ1v) is 10.4. The second-order valence-corrected chi connectivity index (χ2v) is 7.20. The Hall–Kier alpha value is -4.07. The summed E-state index contributed by atoms with van der Waals surface area (Å²) in [5, 5.41) is 14.6. The second kappa shape index (κ2) is 11.0. The zero-order chi connectivity index (χ0) is 23.8. The summed E-state index contributed by atoms with van der Waals surface area (Å²) in [4.78, 5) is 24.0. The van der Waals surface area contributed by atoms with Crippen LogP contribution in [0, 0.1) is 10.1 Å². The molecule has 1 unspecified atom stereocenters. The molecule has 0 saturated carbocycles. The lowest BCUT2D eigenvalue weighted by atomic mass is 9.97. The minimum absolute atomic E-state index is 0.0374. The van der Waals surface area contributed by atoms with Crippen molar-refractivity contribution < 1.29 is 23.9 Å². The van der Waals surface area contributed by atoms with E-state index < -0.39 is 11.0 Å². The number of non-ortho nitro benzene ring substituents is 1. The number of hydrogen-bond acceptors (Lipinski definition) is 7. The molecule has 0 fully saturated rings. The topological polar surface area (TPSA) is 99.9 Å². The van der Waals surface area contributed by atoms with E-state index in [-0.39, 0.29) is 17.9 Å². The van der Waals surface area contributed by atoms with Crippen LogP contribution in [0.4, 0.5) is 11.4 Å². The Kier molecular flexibility index (Phi) is 7.86. The first-order valence-electron chi connectivity index (χ1n) is 10.4. The van der Waals surface area contributed by atoms with Gasteiger partial charge in [-0.3, -0.25) is 14.9 Å². The monoisotopic (exact) mass is 450 g/mol. The molecule has 3 aromatic rings. The first kappa shape index (κ1) is 23.6. The summed E-state index contributed by atoms with van der Waals surface area (Å²) in [5.74, 6) is 1.56. The predicted octanol–water partition coefficient (Wildman–Crippen LogP) is 5.44. The van der Waals surface area contributed by atoms with Crippen molar-refractivity contribution >= 4 is 17.2 Å². The van der Waals surface area contributed by atoms with Crippen LogP contribution in [0.5, 0.6) is 17.2 Å². The van der Waals surface area contributed by atoms with Gasteiger partial charge < -0.3 is 19.5 Å². The van der Waals surface area contributed by atoms with E-state index in [1.807, 2.05) is 31.2 Å². The molecule has 3 aromatic carbocycles. The molecule has 8 heteroatoms. The molecule has 1 N–H and O–H groups in total. The molecular weight excluding hydrogens is 424 g/mol. The Morgan fingerprint density at radius 1 is 1.00 bits per heavy atom. The number of anilines is 1. The summed E-state index contributed by atoms with van der Waals surface area (Å²) in [6.45, 7) is 2.47. The van der Waals surface area contributed by atoms with Crippen LogP contribution in [0.25, 0.3) is 0 Å². The van der Waals surface area contributed by atoms with Crippen molar-refractivity contribution in [2.24, 2.45) is 0 Å². The van der Waals surface area contributed by atoms with Gasteiger partial charge in [0.15, 0.2) is 17.3 Å². The van der Waals surface area contributed by atoms with Gasteiger partial charge in [-0.15, -0.1) is 0 Å². The summed E-state index contributed by atoms with van der Waals surface area (Å²) in [7, 11) is 3.03. The van der Waals surface area contributed by atoms with E-state index in [0.29, 0.717) is 29.2 Å². The summed E-state index contributed by atoms with van der Waals surface area (Å²) in [6.07, 6.45) is 0.0733. The largest absolute Gasteiger partial charge is 0.494 e. The Bertz CT molecular complexity index is 1110. The smallest absolute Gasteiger partial charge is 0.269 e. The Balaban J connectivity index is 1.90. The third-order valence-electron chi connectivity index (χ3n) is 5.08. The average Bonchev–Trinajstić information content (AvgIpc) is 2.84. The number of benzene rings is 3. The van der Waals surface area contributed by atoms with Crippen molar-refractivity contribution in [3.05, 3.63) is 88.0 Å². The number of carbonyl (C=O) groups excluding carboxylic acids is 1. The number of nitro groups is 1. The van der Waals surface area contributed by atoms with Gasteiger partial charge in [0.1, 0.15) is 5.75 Å². The molecule has 0 aliphatic carbocycles. The van der Waals surface area contributed by atoms with Crippen LogP contribution in [0.15, 0.2) is 66.7 Å². The molecule has 0 aliphatic rings. The second-order valence-electron chi connectivity index (χ2n) is 7.20. The lowest BCUT2D eigenvalue weighted by molar-refractivity contribution is -0.384. The van der Waals surface area contributed by atoms with Gasteiger partial charge in [-0.05, 0) is 55.0 Å². The third kappa shape index (κ3) is 6.00. The fraction of sp³-hybridized carbons (Fsp3) is 0.240. The van der Waals surface area contributed by atoms with Crippen LogP contribution >= 0.6 is 0 Å². The first-order chi connectivity index (χ1) is 15.9. The number of carbonyl (C=O) groups is 1. The van der Waals surface area contributed by atoms with Crippen LogP contribution in [-0.2, 0) is 0 Å². The quantitative estimate of drug-likeness (QED) is 0.236. The SMILES string of the molecule is CCOc1ccc(NC(CC(=O)c2ccc(OC)c(OC)c2)c2cccc([N+](=O)[O-])c2)cc1. The maximum absolute atomic E-state index is 13.2. The highest BCUT2D eigenvalue weighted by atomic mass is 16.6. The molecule has 0 bridgehead atoms. The third-order valence-corrected chi connectivity index (χ3v) is 5.08. The Morgan fingerprint density at radius 2 is 1.73 bits per heavy atom. The molecule has 0 amide bonds. The van der Waals surface area contributed by atoms with Crippen molar-refractivity contribution in [2.75, 3.05) is 26.1 Å². The van der Waals surface area contributed by atoms with Crippen LogP contribution in [0.3, 0.4) is 0 Å². The van der Waals surface area contributed by atoms with Gasteiger partial charge in [0, 0.05) is 29.8 Å². The highest BCUT2D eigenvalue weighted by Gasteiger charge is 2.21. The highest BCUT2D eigenvalue weighted by molar-refractivity contribution is 5.97. The van der Waals surface area contributed by atoms with Gasteiger partial charge in [0.25, 0.3) is 5.69 Å². The normalized spacial score (nSPS) is 11.4. The zero-order valence-corrected chi connectivity index (χ0v) is 18.7. The maximum Gasteiger partial charge on any atom is 0.269 e. The number of ketones is 1. The van der Waals surface area contributed by atoms with Gasteiger partial charge in [-0.25, -0.2) is 0 Å².